The quantitative estimate of drug-likeness (QED) is 0.251. The van der Waals surface area contributed by atoms with E-state index in [2.05, 4.69) is 31.8 Å². The van der Waals surface area contributed by atoms with E-state index in [1.807, 2.05) is 49.4 Å². The SMILES string of the molecule is C=CN(C(=O)c1nc[nH]n1)[C@H](CC)CCc1nc2c(-c3ccc(-c4ccccc4)nc3)cnn2c(N)c1C(C)=O. The van der Waals surface area contributed by atoms with Crippen LogP contribution in [0.5, 0.6) is 0 Å². The van der Waals surface area contributed by atoms with Gasteiger partial charge < -0.3 is 10.6 Å². The third-order valence-electron chi connectivity index (χ3n) is 6.87. The number of nitrogen functional groups attached to an aromatic ring is 1. The molecule has 0 saturated carbocycles. The average molecular weight is 536 g/mol. The van der Waals surface area contributed by atoms with Crippen LogP contribution in [0.25, 0.3) is 28.0 Å². The minimum Gasteiger partial charge on any atom is -0.383 e. The number of anilines is 1. The Balaban J connectivity index is 1.48. The summed E-state index contributed by atoms with van der Waals surface area (Å²) in [5.74, 6) is -0.291. The molecule has 0 bridgehead atoms. The predicted octanol–water partition coefficient (Wildman–Crippen LogP) is 4.36. The fourth-order valence-electron chi connectivity index (χ4n) is 4.83. The van der Waals surface area contributed by atoms with E-state index < -0.39 is 0 Å². The molecule has 0 unspecified atom stereocenters. The van der Waals surface area contributed by atoms with E-state index >= 15 is 0 Å². The zero-order valence-corrected chi connectivity index (χ0v) is 22.3. The first kappa shape index (κ1) is 26.4. The molecule has 11 nitrogen and oxygen atoms in total. The number of nitrogens with one attached hydrogen (secondary N) is 1. The van der Waals surface area contributed by atoms with Crippen molar-refractivity contribution >= 4 is 23.2 Å². The van der Waals surface area contributed by atoms with Crippen molar-refractivity contribution in [2.45, 2.75) is 39.2 Å². The van der Waals surface area contributed by atoms with Crippen LogP contribution in [0.1, 0.15) is 53.4 Å². The average Bonchev–Trinajstić information content (AvgIpc) is 3.66. The van der Waals surface area contributed by atoms with Crippen LogP contribution in [-0.2, 0) is 6.42 Å². The van der Waals surface area contributed by atoms with Crippen molar-refractivity contribution in [1.29, 1.82) is 0 Å². The monoisotopic (exact) mass is 535 g/mol. The summed E-state index contributed by atoms with van der Waals surface area (Å²) >= 11 is 0. The van der Waals surface area contributed by atoms with Crippen LogP contribution in [0.15, 0.2) is 74.0 Å². The molecule has 1 aromatic carbocycles. The number of nitrogens with zero attached hydrogens (tertiary/aromatic N) is 7. The van der Waals surface area contributed by atoms with Crippen molar-refractivity contribution in [3.05, 3.63) is 91.0 Å². The third kappa shape index (κ3) is 4.96. The lowest BCUT2D eigenvalue weighted by Crippen LogP contribution is -2.36. The van der Waals surface area contributed by atoms with Crippen LogP contribution < -0.4 is 5.73 Å². The number of hydrogen-bond acceptors (Lipinski definition) is 8. The molecule has 11 heteroatoms. The van der Waals surface area contributed by atoms with Gasteiger partial charge >= 0.3 is 0 Å². The van der Waals surface area contributed by atoms with Crippen LogP contribution in [0.3, 0.4) is 0 Å². The third-order valence-corrected chi connectivity index (χ3v) is 6.87. The molecular weight excluding hydrogens is 506 g/mol. The van der Waals surface area contributed by atoms with Crippen molar-refractivity contribution < 1.29 is 9.59 Å². The molecule has 0 fully saturated rings. The zero-order chi connectivity index (χ0) is 28.2. The zero-order valence-electron chi connectivity index (χ0n) is 22.3. The first-order valence-electron chi connectivity index (χ1n) is 12.9. The van der Waals surface area contributed by atoms with Gasteiger partial charge in [-0.15, -0.1) is 5.10 Å². The Kier molecular flexibility index (Phi) is 7.45. The topological polar surface area (TPSA) is 148 Å². The van der Waals surface area contributed by atoms with Gasteiger partial charge in [0.05, 0.1) is 23.1 Å². The van der Waals surface area contributed by atoms with Gasteiger partial charge in [0, 0.05) is 35.1 Å². The highest BCUT2D eigenvalue weighted by molar-refractivity contribution is 6.00. The van der Waals surface area contributed by atoms with Crippen molar-refractivity contribution in [1.82, 2.24) is 39.7 Å². The highest BCUT2D eigenvalue weighted by atomic mass is 16.2. The van der Waals surface area contributed by atoms with Crippen LogP contribution >= 0.6 is 0 Å². The largest absolute Gasteiger partial charge is 0.383 e. The minimum absolute atomic E-state index is 0.0577. The van der Waals surface area contributed by atoms with E-state index in [-0.39, 0.29) is 29.4 Å². The van der Waals surface area contributed by atoms with E-state index in [0.717, 1.165) is 22.4 Å². The molecule has 5 rings (SSSR count). The minimum atomic E-state index is -0.359. The summed E-state index contributed by atoms with van der Waals surface area (Å²) in [6.07, 6.45) is 7.84. The first-order chi connectivity index (χ1) is 19.4. The molecule has 0 spiro atoms. The molecule has 1 atom stereocenters. The van der Waals surface area contributed by atoms with Gasteiger partial charge in [-0.2, -0.15) is 9.61 Å². The Bertz CT molecular complexity index is 1660. The van der Waals surface area contributed by atoms with Gasteiger partial charge in [-0.25, -0.2) is 9.97 Å². The number of aromatic nitrogens is 7. The fraction of sp³-hybridized carbons (Fsp3) is 0.207. The maximum absolute atomic E-state index is 12.9. The number of aromatic amines is 1. The predicted molar refractivity (Wildman–Crippen MR) is 151 cm³/mol. The van der Waals surface area contributed by atoms with Crippen LogP contribution in [0.2, 0.25) is 0 Å². The number of ketones is 1. The molecule has 0 saturated heterocycles. The van der Waals surface area contributed by atoms with E-state index in [9.17, 15) is 9.59 Å². The second-order valence-corrected chi connectivity index (χ2v) is 9.29. The number of rotatable bonds is 10. The normalized spacial score (nSPS) is 11.8. The van der Waals surface area contributed by atoms with Crippen molar-refractivity contribution in [2.24, 2.45) is 0 Å². The van der Waals surface area contributed by atoms with Crippen molar-refractivity contribution in [2.75, 3.05) is 5.73 Å². The summed E-state index contributed by atoms with van der Waals surface area (Å²) in [4.78, 5) is 40.6. The number of H-pyrrole nitrogens is 1. The Morgan fingerprint density at radius 2 is 1.93 bits per heavy atom. The Morgan fingerprint density at radius 1 is 1.12 bits per heavy atom. The molecular formula is C29H29N9O2. The number of amides is 1. The lowest BCUT2D eigenvalue weighted by Gasteiger charge is -2.27. The number of hydrogen-bond donors (Lipinski definition) is 2. The van der Waals surface area contributed by atoms with Crippen molar-refractivity contribution in [3.63, 3.8) is 0 Å². The molecule has 40 heavy (non-hydrogen) atoms. The Hall–Kier alpha value is -5.19. The van der Waals surface area contributed by atoms with Crippen molar-refractivity contribution in [3.8, 4) is 22.4 Å². The Morgan fingerprint density at radius 3 is 2.55 bits per heavy atom. The smallest absolute Gasteiger partial charge is 0.297 e. The van der Waals surface area contributed by atoms with Gasteiger partial charge in [0.1, 0.15) is 12.1 Å². The molecule has 3 N–H and O–H groups in total. The summed E-state index contributed by atoms with van der Waals surface area (Å²) in [5, 5.41) is 10.9. The number of fused-ring (bicyclic) bond motifs is 1. The molecule has 0 aliphatic heterocycles. The standard InChI is InChI=1S/C29H29N9O2/c1-4-21(37(5-2)29(40)27-32-17-33-36-27)12-14-24-25(18(3)39)26(30)38-28(35-24)22(16-34-38)20-11-13-23(31-15-20)19-9-7-6-8-10-19/h5-11,13,15-17,21H,2,4,12,14,30H2,1,3H3,(H,32,33,36)/t21-/m1/s1. The first-order valence-corrected chi connectivity index (χ1v) is 12.9. The lowest BCUT2D eigenvalue weighted by atomic mass is 10.0. The highest BCUT2D eigenvalue weighted by Gasteiger charge is 2.26. The van der Waals surface area contributed by atoms with Gasteiger partial charge in [0.15, 0.2) is 11.4 Å². The molecule has 202 valence electrons. The van der Waals surface area contributed by atoms with Crippen LogP contribution in [0, 0.1) is 0 Å². The van der Waals surface area contributed by atoms with Gasteiger partial charge in [-0.05, 0) is 32.3 Å². The fourth-order valence-corrected chi connectivity index (χ4v) is 4.83. The van der Waals surface area contributed by atoms with Gasteiger partial charge in [0.2, 0.25) is 5.82 Å². The summed E-state index contributed by atoms with van der Waals surface area (Å²) in [5.41, 5.74) is 11.3. The molecule has 5 aromatic rings. The molecule has 0 aliphatic rings. The molecule has 0 aliphatic carbocycles. The van der Waals surface area contributed by atoms with Gasteiger partial charge in [-0.3, -0.25) is 19.7 Å². The second-order valence-electron chi connectivity index (χ2n) is 9.29. The number of carbonyl (C=O) groups is 2. The Labute approximate surface area is 230 Å². The van der Waals surface area contributed by atoms with E-state index in [4.69, 9.17) is 10.7 Å². The summed E-state index contributed by atoms with van der Waals surface area (Å²) in [6.45, 7) is 7.25. The molecule has 0 radical (unpaired) electrons. The second kappa shape index (κ2) is 11.3. The lowest BCUT2D eigenvalue weighted by molar-refractivity contribution is 0.0746. The van der Waals surface area contributed by atoms with E-state index in [0.29, 0.717) is 36.2 Å². The highest BCUT2D eigenvalue weighted by Crippen LogP contribution is 2.29. The van der Waals surface area contributed by atoms with Gasteiger partial charge in [0.25, 0.3) is 5.91 Å². The number of benzene rings is 1. The molecule has 1 amide bonds. The maximum Gasteiger partial charge on any atom is 0.297 e. The van der Waals surface area contributed by atoms with Crippen LogP contribution in [0.4, 0.5) is 5.82 Å². The van der Waals surface area contributed by atoms with E-state index in [1.54, 1.807) is 12.4 Å². The summed E-state index contributed by atoms with van der Waals surface area (Å²) in [6, 6.07) is 13.6. The number of carbonyl (C=O) groups excluding carboxylic acids is 2. The number of Topliss-reactive ketones (excluding diaryl/α,β-unsaturated/α-hetero) is 1. The molecule has 4 aromatic heterocycles. The van der Waals surface area contributed by atoms with E-state index in [1.165, 1.54) is 28.9 Å². The van der Waals surface area contributed by atoms with Gasteiger partial charge in [-0.1, -0.05) is 49.9 Å². The maximum atomic E-state index is 12.9. The summed E-state index contributed by atoms with van der Waals surface area (Å²) in [7, 11) is 0. The number of aryl methyl sites for hydroxylation is 1. The summed E-state index contributed by atoms with van der Waals surface area (Å²) < 4.78 is 1.49. The van der Waals surface area contributed by atoms with Crippen LogP contribution in [-0.4, -0.2) is 57.4 Å². The number of pyridine rings is 1. The number of nitrogens with two attached hydrogens (primary N) is 1. The molecule has 4 heterocycles.